The second-order valence-corrected chi connectivity index (χ2v) is 5.76. The quantitative estimate of drug-likeness (QED) is 0.739. The molecule has 4 rings (SSSR count). The van der Waals surface area contributed by atoms with Gasteiger partial charge in [-0.15, -0.1) is 12.4 Å². The smallest absolute Gasteiger partial charge is 0.231 e. The topological polar surface area (TPSA) is 39.7 Å². The van der Waals surface area contributed by atoms with Crippen molar-refractivity contribution >= 4 is 23.2 Å². The molecular formula is C20H20ClNO3. The number of hydrogen-bond donors (Lipinski definition) is 1. The Morgan fingerprint density at radius 2 is 1.80 bits per heavy atom. The van der Waals surface area contributed by atoms with Gasteiger partial charge in [0.1, 0.15) is 5.75 Å². The van der Waals surface area contributed by atoms with Crippen molar-refractivity contribution in [3.05, 3.63) is 65.7 Å². The lowest BCUT2D eigenvalue weighted by molar-refractivity contribution is 0.174. The van der Waals surface area contributed by atoms with Crippen molar-refractivity contribution in [2.75, 3.05) is 13.9 Å². The van der Waals surface area contributed by atoms with Gasteiger partial charge in [0.2, 0.25) is 6.79 Å². The van der Waals surface area contributed by atoms with Crippen LogP contribution in [0.25, 0.3) is 10.8 Å². The van der Waals surface area contributed by atoms with Crippen LogP contribution >= 0.6 is 12.4 Å². The van der Waals surface area contributed by atoms with Crippen LogP contribution in [0.2, 0.25) is 0 Å². The summed E-state index contributed by atoms with van der Waals surface area (Å²) in [6.45, 7) is 1.79. The Kier molecular flexibility index (Phi) is 5.31. The van der Waals surface area contributed by atoms with Crippen LogP contribution in [0.1, 0.15) is 11.1 Å². The van der Waals surface area contributed by atoms with E-state index in [4.69, 9.17) is 14.2 Å². The maximum atomic E-state index is 5.54. The first kappa shape index (κ1) is 17.4. The van der Waals surface area contributed by atoms with Crippen LogP contribution in [-0.4, -0.2) is 13.9 Å². The summed E-state index contributed by atoms with van der Waals surface area (Å²) in [5, 5.41) is 5.94. The number of hydrogen-bond acceptors (Lipinski definition) is 4. The van der Waals surface area contributed by atoms with Crippen LogP contribution in [0, 0.1) is 0 Å². The lowest BCUT2D eigenvalue weighted by Crippen LogP contribution is -2.13. The van der Waals surface area contributed by atoms with E-state index in [9.17, 15) is 0 Å². The highest BCUT2D eigenvalue weighted by atomic mass is 35.5. The van der Waals surface area contributed by atoms with E-state index in [1.807, 2.05) is 18.2 Å². The van der Waals surface area contributed by atoms with Gasteiger partial charge in [0.15, 0.2) is 11.5 Å². The monoisotopic (exact) mass is 357 g/mol. The first-order chi connectivity index (χ1) is 11.8. The van der Waals surface area contributed by atoms with Crippen LogP contribution in [-0.2, 0) is 13.1 Å². The Morgan fingerprint density at radius 3 is 2.68 bits per heavy atom. The molecular weight excluding hydrogens is 338 g/mol. The summed E-state index contributed by atoms with van der Waals surface area (Å²) in [4.78, 5) is 0. The molecule has 5 heteroatoms. The van der Waals surface area contributed by atoms with Gasteiger partial charge in [0.05, 0.1) is 7.11 Å². The zero-order valence-corrected chi connectivity index (χ0v) is 14.8. The fourth-order valence-corrected chi connectivity index (χ4v) is 3.07. The van der Waals surface area contributed by atoms with Crippen LogP contribution in [0.4, 0.5) is 0 Å². The normalized spacial score (nSPS) is 12.0. The molecule has 1 aliphatic rings. The predicted octanol–water partition coefficient (Wildman–Crippen LogP) is 4.29. The van der Waals surface area contributed by atoms with Gasteiger partial charge >= 0.3 is 0 Å². The van der Waals surface area contributed by atoms with Crippen molar-refractivity contribution in [3.8, 4) is 17.2 Å². The van der Waals surface area contributed by atoms with Crippen LogP contribution in [0.5, 0.6) is 17.2 Å². The van der Waals surface area contributed by atoms with Crippen molar-refractivity contribution in [2.45, 2.75) is 13.1 Å². The summed E-state index contributed by atoms with van der Waals surface area (Å²) in [6, 6.07) is 18.5. The molecule has 0 bridgehead atoms. The molecule has 3 aromatic rings. The first-order valence-electron chi connectivity index (χ1n) is 7.99. The molecule has 130 valence electrons. The number of nitrogens with one attached hydrogen (secondary N) is 1. The summed E-state index contributed by atoms with van der Waals surface area (Å²) in [7, 11) is 1.71. The van der Waals surface area contributed by atoms with Crippen molar-refractivity contribution < 1.29 is 14.2 Å². The fraction of sp³-hybridized carbons (Fsp3) is 0.200. The highest BCUT2D eigenvalue weighted by Gasteiger charge is 2.13. The minimum Gasteiger partial charge on any atom is -0.496 e. The second kappa shape index (κ2) is 7.64. The summed E-state index contributed by atoms with van der Waals surface area (Å²) < 4.78 is 16.3. The van der Waals surface area contributed by atoms with Crippen LogP contribution < -0.4 is 19.5 Å². The van der Waals surface area contributed by atoms with Gasteiger partial charge in [-0.05, 0) is 34.5 Å². The summed E-state index contributed by atoms with van der Waals surface area (Å²) in [5.41, 5.74) is 2.34. The molecule has 0 radical (unpaired) electrons. The van der Waals surface area contributed by atoms with Crippen molar-refractivity contribution in [1.29, 1.82) is 0 Å². The minimum atomic E-state index is 0. The standard InChI is InChI=1S/C20H19NO3.ClH/c1-22-18-9-7-15-4-2-3-5-16(15)17(18)12-21-11-14-6-8-19-20(10-14)24-13-23-19;/h2-10,21H,11-13H2,1H3;1H. The summed E-state index contributed by atoms with van der Waals surface area (Å²) in [5.74, 6) is 2.54. The van der Waals surface area contributed by atoms with Gasteiger partial charge in [-0.2, -0.15) is 0 Å². The Labute approximate surface area is 153 Å². The Hall–Kier alpha value is -2.43. The fourth-order valence-electron chi connectivity index (χ4n) is 3.07. The third-order valence-corrected chi connectivity index (χ3v) is 4.29. The highest BCUT2D eigenvalue weighted by molar-refractivity contribution is 5.87. The third-order valence-electron chi connectivity index (χ3n) is 4.29. The van der Waals surface area contributed by atoms with E-state index in [0.29, 0.717) is 6.79 Å². The molecule has 0 atom stereocenters. The molecule has 0 unspecified atom stereocenters. The Morgan fingerprint density at radius 1 is 0.960 bits per heavy atom. The molecule has 0 amide bonds. The SMILES string of the molecule is COc1ccc2ccccc2c1CNCc1ccc2c(c1)OCO2.Cl. The molecule has 3 aromatic carbocycles. The summed E-state index contributed by atoms with van der Waals surface area (Å²) >= 11 is 0. The molecule has 0 aromatic heterocycles. The van der Waals surface area contributed by atoms with Gasteiger partial charge in [-0.25, -0.2) is 0 Å². The zero-order valence-electron chi connectivity index (χ0n) is 14.0. The average Bonchev–Trinajstić information content (AvgIpc) is 3.09. The van der Waals surface area contributed by atoms with E-state index in [-0.39, 0.29) is 12.4 Å². The van der Waals surface area contributed by atoms with Gasteiger partial charge in [-0.1, -0.05) is 36.4 Å². The number of benzene rings is 3. The molecule has 25 heavy (non-hydrogen) atoms. The van der Waals surface area contributed by atoms with Gasteiger partial charge in [-0.3, -0.25) is 0 Å². The zero-order chi connectivity index (χ0) is 16.4. The molecule has 1 heterocycles. The molecule has 0 fully saturated rings. The van der Waals surface area contributed by atoms with Crippen LogP contribution in [0.15, 0.2) is 54.6 Å². The van der Waals surface area contributed by atoms with E-state index in [1.165, 1.54) is 21.9 Å². The van der Waals surface area contributed by atoms with E-state index in [0.717, 1.165) is 30.3 Å². The Bertz CT molecular complexity index is 882. The maximum absolute atomic E-state index is 5.54. The maximum Gasteiger partial charge on any atom is 0.231 e. The van der Waals surface area contributed by atoms with Crippen molar-refractivity contribution in [1.82, 2.24) is 5.32 Å². The number of rotatable bonds is 5. The second-order valence-electron chi connectivity index (χ2n) is 5.76. The first-order valence-corrected chi connectivity index (χ1v) is 7.99. The van der Waals surface area contributed by atoms with Crippen LogP contribution in [0.3, 0.4) is 0 Å². The number of ether oxygens (including phenoxy) is 3. The van der Waals surface area contributed by atoms with Gasteiger partial charge in [0.25, 0.3) is 0 Å². The van der Waals surface area contributed by atoms with E-state index >= 15 is 0 Å². The highest BCUT2D eigenvalue weighted by Crippen LogP contribution is 2.32. The third kappa shape index (κ3) is 3.50. The molecule has 0 aliphatic carbocycles. The minimum absolute atomic E-state index is 0. The van der Waals surface area contributed by atoms with Crippen molar-refractivity contribution in [2.24, 2.45) is 0 Å². The molecule has 4 nitrogen and oxygen atoms in total. The van der Waals surface area contributed by atoms with Gasteiger partial charge < -0.3 is 19.5 Å². The molecule has 1 N–H and O–H groups in total. The largest absolute Gasteiger partial charge is 0.496 e. The average molecular weight is 358 g/mol. The molecule has 0 spiro atoms. The number of halogens is 1. The van der Waals surface area contributed by atoms with Gasteiger partial charge in [0, 0.05) is 18.7 Å². The summed E-state index contributed by atoms with van der Waals surface area (Å²) in [6.07, 6.45) is 0. The molecule has 0 saturated carbocycles. The Balaban J connectivity index is 0.00000182. The van der Waals surface area contributed by atoms with E-state index < -0.39 is 0 Å². The van der Waals surface area contributed by atoms with Crippen molar-refractivity contribution in [3.63, 3.8) is 0 Å². The lowest BCUT2D eigenvalue weighted by Gasteiger charge is -2.13. The number of methoxy groups -OCH3 is 1. The number of fused-ring (bicyclic) bond motifs is 2. The molecule has 0 saturated heterocycles. The lowest BCUT2D eigenvalue weighted by atomic mass is 10.0. The van der Waals surface area contributed by atoms with E-state index in [2.05, 4.69) is 41.7 Å². The van der Waals surface area contributed by atoms with E-state index in [1.54, 1.807) is 7.11 Å². The predicted molar refractivity (Wildman–Crippen MR) is 101 cm³/mol. The molecule has 1 aliphatic heterocycles.